The first kappa shape index (κ1) is 14.6. The SMILES string of the molecule is CC(C)Cn1ncnc1CNc1ccc(I)cc1Cl. The van der Waals surface area contributed by atoms with E-state index in [1.807, 2.05) is 22.9 Å². The third-order valence-electron chi connectivity index (χ3n) is 2.60. The number of nitrogens with zero attached hydrogens (tertiary/aromatic N) is 3. The van der Waals surface area contributed by atoms with E-state index in [4.69, 9.17) is 11.6 Å². The van der Waals surface area contributed by atoms with Crippen LogP contribution in [0.15, 0.2) is 24.5 Å². The fourth-order valence-corrected chi connectivity index (χ4v) is 2.65. The molecule has 1 aromatic heterocycles. The minimum atomic E-state index is 0.544. The Bertz CT molecular complexity index is 553. The molecule has 0 fully saturated rings. The first-order valence-electron chi connectivity index (χ1n) is 6.12. The number of anilines is 1. The fraction of sp³-hybridized carbons (Fsp3) is 0.385. The Morgan fingerprint density at radius 1 is 1.42 bits per heavy atom. The van der Waals surface area contributed by atoms with Crippen LogP contribution in [0.2, 0.25) is 5.02 Å². The molecule has 0 unspecified atom stereocenters. The van der Waals surface area contributed by atoms with E-state index in [1.165, 1.54) is 0 Å². The zero-order chi connectivity index (χ0) is 13.8. The van der Waals surface area contributed by atoms with Gasteiger partial charge in [0, 0.05) is 10.1 Å². The lowest BCUT2D eigenvalue weighted by Crippen LogP contribution is -2.13. The number of hydrogen-bond acceptors (Lipinski definition) is 3. The summed E-state index contributed by atoms with van der Waals surface area (Å²) in [5, 5.41) is 8.26. The average molecular weight is 391 g/mol. The highest BCUT2D eigenvalue weighted by Crippen LogP contribution is 2.24. The van der Waals surface area contributed by atoms with E-state index in [0.29, 0.717) is 12.5 Å². The summed E-state index contributed by atoms with van der Waals surface area (Å²) in [5.41, 5.74) is 0.918. The topological polar surface area (TPSA) is 42.7 Å². The molecule has 102 valence electrons. The molecular formula is C13H16ClIN4. The average Bonchev–Trinajstić information content (AvgIpc) is 2.74. The van der Waals surface area contributed by atoms with Crippen LogP contribution in [-0.4, -0.2) is 14.8 Å². The second-order valence-corrected chi connectivity index (χ2v) is 6.38. The third kappa shape index (κ3) is 4.07. The maximum Gasteiger partial charge on any atom is 0.146 e. The zero-order valence-corrected chi connectivity index (χ0v) is 13.8. The van der Waals surface area contributed by atoms with Crippen LogP contribution in [0.5, 0.6) is 0 Å². The van der Waals surface area contributed by atoms with Crippen LogP contribution >= 0.6 is 34.2 Å². The highest BCUT2D eigenvalue weighted by Gasteiger charge is 2.07. The van der Waals surface area contributed by atoms with Gasteiger partial charge >= 0.3 is 0 Å². The van der Waals surface area contributed by atoms with E-state index in [2.05, 4.69) is 51.8 Å². The third-order valence-corrected chi connectivity index (χ3v) is 3.59. The van der Waals surface area contributed by atoms with Crippen molar-refractivity contribution in [3.63, 3.8) is 0 Å². The lowest BCUT2D eigenvalue weighted by molar-refractivity contribution is 0.468. The summed E-state index contributed by atoms with van der Waals surface area (Å²) in [6.07, 6.45) is 1.59. The van der Waals surface area contributed by atoms with Gasteiger partial charge in [-0.1, -0.05) is 25.4 Å². The highest BCUT2D eigenvalue weighted by molar-refractivity contribution is 14.1. The van der Waals surface area contributed by atoms with Crippen molar-refractivity contribution in [1.82, 2.24) is 14.8 Å². The normalized spacial score (nSPS) is 11.0. The Kier molecular flexibility index (Phi) is 5.04. The van der Waals surface area contributed by atoms with Gasteiger partial charge in [-0.2, -0.15) is 5.10 Å². The van der Waals surface area contributed by atoms with Gasteiger partial charge in [-0.15, -0.1) is 0 Å². The van der Waals surface area contributed by atoms with E-state index in [9.17, 15) is 0 Å². The van der Waals surface area contributed by atoms with Crippen LogP contribution in [0.1, 0.15) is 19.7 Å². The second-order valence-electron chi connectivity index (χ2n) is 4.73. The molecule has 2 aromatic rings. The molecule has 0 amide bonds. The van der Waals surface area contributed by atoms with Crippen molar-refractivity contribution in [2.45, 2.75) is 26.9 Å². The minimum Gasteiger partial charge on any atom is -0.377 e. The molecular weight excluding hydrogens is 375 g/mol. The summed E-state index contributed by atoms with van der Waals surface area (Å²) in [6.45, 7) is 5.81. The van der Waals surface area contributed by atoms with Crippen molar-refractivity contribution >= 4 is 39.9 Å². The van der Waals surface area contributed by atoms with Crippen LogP contribution in [-0.2, 0) is 13.1 Å². The number of benzene rings is 1. The van der Waals surface area contributed by atoms with Gasteiger partial charge in [0.25, 0.3) is 0 Å². The van der Waals surface area contributed by atoms with Crippen LogP contribution in [0.4, 0.5) is 5.69 Å². The molecule has 0 saturated heterocycles. The number of rotatable bonds is 5. The first-order valence-corrected chi connectivity index (χ1v) is 7.57. The maximum atomic E-state index is 6.18. The molecule has 0 aliphatic rings. The molecule has 0 aliphatic heterocycles. The molecule has 2 rings (SSSR count). The van der Waals surface area contributed by atoms with Gasteiger partial charge in [0.05, 0.1) is 17.3 Å². The van der Waals surface area contributed by atoms with Gasteiger partial charge in [-0.05, 0) is 46.7 Å². The van der Waals surface area contributed by atoms with Crippen LogP contribution < -0.4 is 5.32 Å². The molecule has 6 heteroatoms. The lowest BCUT2D eigenvalue weighted by atomic mass is 10.2. The van der Waals surface area contributed by atoms with Gasteiger partial charge in [-0.3, -0.25) is 0 Å². The summed E-state index contributed by atoms with van der Waals surface area (Å²) in [4.78, 5) is 4.28. The summed E-state index contributed by atoms with van der Waals surface area (Å²) >= 11 is 8.42. The van der Waals surface area contributed by atoms with Crippen molar-refractivity contribution in [3.8, 4) is 0 Å². The Labute approximate surface area is 131 Å². The van der Waals surface area contributed by atoms with Gasteiger partial charge < -0.3 is 5.32 Å². The molecule has 0 bridgehead atoms. The predicted molar refractivity (Wildman–Crippen MR) is 86.4 cm³/mol. The number of nitrogens with one attached hydrogen (secondary N) is 1. The monoisotopic (exact) mass is 390 g/mol. The first-order chi connectivity index (χ1) is 9.06. The number of hydrogen-bond donors (Lipinski definition) is 1. The zero-order valence-electron chi connectivity index (χ0n) is 10.9. The summed E-state index contributed by atoms with van der Waals surface area (Å²) in [7, 11) is 0. The lowest BCUT2D eigenvalue weighted by Gasteiger charge is -2.11. The van der Waals surface area contributed by atoms with Crippen LogP contribution in [0.25, 0.3) is 0 Å². The quantitative estimate of drug-likeness (QED) is 0.790. The molecule has 1 N–H and O–H groups in total. The maximum absolute atomic E-state index is 6.18. The van der Waals surface area contributed by atoms with Crippen molar-refractivity contribution in [2.24, 2.45) is 5.92 Å². The van der Waals surface area contributed by atoms with Crippen molar-refractivity contribution in [1.29, 1.82) is 0 Å². The van der Waals surface area contributed by atoms with Crippen molar-refractivity contribution in [3.05, 3.63) is 38.9 Å². The van der Waals surface area contributed by atoms with Crippen molar-refractivity contribution in [2.75, 3.05) is 5.32 Å². The van der Waals surface area contributed by atoms with E-state index in [0.717, 1.165) is 26.6 Å². The fourth-order valence-electron chi connectivity index (χ4n) is 1.73. The molecule has 4 nitrogen and oxygen atoms in total. The Morgan fingerprint density at radius 2 is 2.21 bits per heavy atom. The molecule has 0 spiro atoms. The molecule has 0 saturated carbocycles. The predicted octanol–water partition coefficient (Wildman–Crippen LogP) is 3.80. The molecule has 1 heterocycles. The Hall–Kier alpha value is -0.820. The second kappa shape index (κ2) is 6.56. The van der Waals surface area contributed by atoms with E-state index < -0.39 is 0 Å². The number of halogens is 2. The Morgan fingerprint density at radius 3 is 2.89 bits per heavy atom. The Balaban J connectivity index is 2.04. The smallest absolute Gasteiger partial charge is 0.146 e. The van der Waals surface area contributed by atoms with E-state index in [-0.39, 0.29) is 0 Å². The molecule has 1 aromatic carbocycles. The standard InChI is InChI=1S/C13H16ClIN4/c1-9(2)7-19-13(17-8-18-19)6-16-12-4-3-10(15)5-11(12)14/h3-5,8-9,16H,6-7H2,1-2H3. The van der Waals surface area contributed by atoms with Crippen LogP contribution in [0.3, 0.4) is 0 Å². The van der Waals surface area contributed by atoms with Gasteiger partial charge in [0.1, 0.15) is 12.2 Å². The largest absolute Gasteiger partial charge is 0.377 e. The summed E-state index contributed by atoms with van der Waals surface area (Å²) < 4.78 is 3.05. The molecule has 0 radical (unpaired) electrons. The van der Waals surface area contributed by atoms with E-state index >= 15 is 0 Å². The van der Waals surface area contributed by atoms with Gasteiger partial charge in [0.2, 0.25) is 0 Å². The van der Waals surface area contributed by atoms with Crippen molar-refractivity contribution < 1.29 is 0 Å². The minimum absolute atomic E-state index is 0.544. The van der Waals surface area contributed by atoms with Crippen LogP contribution in [0, 0.1) is 9.49 Å². The van der Waals surface area contributed by atoms with Gasteiger partial charge in [0.15, 0.2) is 0 Å². The highest BCUT2D eigenvalue weighted by atomic mass is 127. The molecule has 0 aliphatic carbocycles. The molecule has 19 heavy (non-hydrogen) atoms. The molecule has 0 atom stereocenters. The number of aromatic nitrogens is 3. The van der Waals surface area contributed by atoms with Gasteiger partial charge in [-0.25, -0.2) is 9.67 Å². The summed E-state index contributed by atoms with van der Waals surface area (Å²) in [6, 6.07) is 5.93. The summed E-state index contributed by atoms with van der Waals surface area (Å²) in [5.74, 6) is 1.46. The van der Waals surface area contributed by atoms with E-state index in [1.54, 1.807) is 6.33 Å².